The maximum atomic E-state index is 12.9. The Labute approximate surface area is 191 Å². The zero-order valence-electron chi connectivity index (χ0n) is 17.3. The zero-order valence-corrected chi connectivity index (χ0v) is 18.1. The van der Waals surface area contributed by atoms with Crippen LogP contribution in [0.4, 0.5) is 24.5 Å². The summed E-state index contributed by atoms with van der Waals surface area (Å²) in [4.78, 5) is 16.1. The molecule has 0 atom stereocenters. The van der Waals surface area contributed by atoms with Gasteiger partial charge in [0.2, 0.25) is 5.88 Å². The average Bonchev–Trinajstić information content (AvgIpc) is 3.08. The van der Waals surface area contributed by atoms with Crippen molar-refractivity contribution in [2.24, 2.45) is 0 Å². The number of sulfone groups is 1. The minimum Gasteiger partial charge on any atom is -0.493 e. The molecule has 0 saturated carbocycles. The van der Waals surface area contributed by atoms with E-state index in [1.165, 1.54) is 10.8 Å². The van der Waals surface area contributed by atoms with E-state index in [1.54, 1.807) is 18.5 Å². The van der Waals surface area contributed by atoms with Crippen molar-refractivity contribution in [1.29, 1.82) is 0 Å². The lowest BCUT2D eigenvalue weighted by atomic mass is 10.2. The van der Waals surface area contributed by atoms with Gasteiger partial charge in [0.25, 0.3) is 9.84 Å². The van der Waals surface area contributed by atoms with Crippen molar-refractivity contribution in [2.45, 2.75) is 16.9 Å². The van der Waals surface area contributed by atoms with Crippen molar-refractivity contribution >= 4 is 21.2 Å². The van der Waals surface area contributed by atoms with Crippen LogP contribution in [0.15, 0.2) is 88.9 Å². The lowest BCUT2D eigenvalue weighted by Crippen LogP contribution is -2.24. The molecule has 0 fully saturated rings. The summed E-state index contributed by atoms with van der Waals surface area (Å²) in [5, 5.41) is 13.5. The van der Waals surface area contributed by atoms with Crippen molar-refractivity contribution in [3.8, 4) is 11.6 Å². The van der Waals surface area contributed by atoms with Gasteiger partial charge in [0.1, 0.15) is 0 Å². The third-order valence-corrected chi connectivity index (χ3v) is 6.45. The van der Waals surface area contributed by atoms with E-state index >= 15 is 0 Å². The van der Waals surface area contributed by atoms with Crippen LogP contribution in [-0.4, -0.2) is 33.2 Å². The Bertz CT molecular complexity index is 1480. The lowest BCUT2D eigenvalue weighted by molar-refractivity contribution is -0.0436. The van der Waals surface area contributed by atoms with E-state index < -0.39 is 31.8 Å². The summed E-state index contributed by atoms with van der Waals surface area (Å²) in [5.41, 5.74) is -4.00. The molecule has 0 radical (unpaired) electrons. The number of aromatic hydroxyl groups is 1. The Morgan fingerprint density at radius 1 is 1.00 bits per heavy atom. The van der Waals surface area contributed by atoms with E-state index in [0.29, 0.717) is 11.3 Å². The fourth-order valence-corrected chi connectivity index (χ4v) is 4.04. The highest BCUT2D eigenvalue weighted by atomic mass is 32.2. The van der Waals surface area contributed by atoms with Gasteiger partial charge in [-0.3, -0.25) is 9.55 Å². The molecule has 0 bridgehead atoms. The normalized spacial score (nSPS) is 12.0. The zero-order chi connectivity index (χ0) is 24.5. The summed E-state index contributed by atoms with van der Waals surface area (Å²) < 4.78 is 63.4. The number of pyridine rings is 1. The lowest BCUT2D eigenvalue weighted by Gasteiger charge is -2.11. The first-order valence-corrected chi connectivity index (χ1v) is 11.2. The number of alkyl halides is 3. The van der Waals surface area contributed by atoms with E-state index in [0.717, 1.165) is 34.5 Å². The van der Waals surface area contributed by atoms with Crippen LogP contribution in [0.25, 0.3) is 5.69 Å². The predicted molar refractivity (Wildman–Crippen MR) is 118 cm³/mol. The van der Waals surface area contributed by atoms with Crippen LogP contribution in [0.5, 0.6) is 5.88 Å². The number of hydrogen-bond donors (Lipinski definition) is 2. The highest BCUT2D eigenvalue weighted by Crippen LogP contribution is 2.31. The molecule has 0 amide bonds. The Hall–Kier alpha value is -4.06. The number of para-hydroxylation sites is 1. The van der Waals surface area contributed by atoms with Gasteiger partial charge in [-0.1, -0.05) is 18.2 Å². The number of hydrogen-bond acceptors (Lipinski definition) is 6. The summed E-state index contributed by atoms with van der Waals surface area (Å²) in [6.45, 7) is 0.0532. The van der Waals surface area contributed by atoms with Crippen LogP contribution in [0.2, 0.25) is 0 Å². The fraction of sp³-hybridized carbons (Fsp3) is 0.0909. The molecule has 0 unspecified atom stereocenters. The molecule has 4 rings (SSSR count). The summed E-state index contributed by atoms with van der Waals surface area (Å²) >= 11 is 0. The van der Waals surface area contributed by atoms with Gasteiger partial charge in [0, 0.05) is 11.9 Å². The Morgan fingerprint density at radius 2 is 1.68 bits per heavy atom. The average molecular weight is 490 g/mol. The summed E-state index contributed by atoms with van der Waals surface area (Å²) in [6, 6.07) is 14.5. The second kappa shape index (κ2) is 8.71. The molecule has 8 nitrogen and oxygen atoms in total. The number of aromatic nitrogens is 3. The number of rotatable bonds is 6. The van der Waals surface area contributed by atoms with Gasteiger partial charge in [-0.05, 0) is 48.0 Å². The number of halogens is 3. The van der Waals surface area contributed by atoms with Crippen molar-refractivity contribution in [3.05, 3.63) is 95.3 Å². The number of nitrogens with one attached hydrogen (secondary N) is 1. The second-order valence-corrected chi connectivity index (χ2v) is 9.14. The molecule has 2 heterocycles. The van der Waals surface area contributed by atoms with Gasteiger partial charge < -0.3 is 10.4 Å². The van der Waals surface area contributed by atoms with Gasteiger partial charge >= 0.3 is 11.2 Å². The Kier molecular flexibility index (Phi) is 5.92. The topological polar surface area (TPSA) is 106 Å². The molecule has 0 saturated heterocycles. The molecule has 0 aliphatic heterocycles. The summed E-state index contributed by atoms with van der Waals surface area (Å²) in [6.07, 6.45) is 4.31. The fourth-order valence-electron chi connectivity index (χ4n) is 3.28. The second-order valence-electron chi connectivity index (χ2n) is 7.20. The van der Waals surface area contributed by atoms with Crippen LogP contribution < -0.4 is 11.0 Å². The van der Waals surface area contributed by atoms with Crippen molar-refractivity contribution in [1.82, 2.24) is 14.1 Å². The first kappa shape index (κ1) is 23.1. The van der Waals surface area contributed by atoms with Gasteiger partial charge in [-0.25, -0.2) is 17.8 Å². The molecule has 12 heteroatoms. The highest BCUT2D eigenvalue weighted by Gasteiger charge is 2.46. The van der Waals surface area contributed by atoms with Gasteiger partial charge in [0.15, 0.2) is 0 Å². The van der Waals surface area contributed by atoms with E-state index in [2.05, 4.69) is 10.3 Å². The SMILES string of the molecule is O=c1n(Cc2ccncc2Nc2ccccc2)cc(O)n1-c1ccc(S(=O)(=O)C(F)(F)F)cc1. The maximum Gasteiger partial charge on any atom is 0.501 e. The third kappa shape index (κ3) is 4.39. The number of imidazole rings is 1. The standard InChI is InChI=1S/C22H17F3N4O4S/c23-22(24,25)34(32,33)18-8-6-17(7-9-18)29-20(30)14-28(21(29)31)13-15-10-11-26-12-19(15)27-16-4-2-1-3-5-16/h1-12,14,27,30H,13H2. The quantitative estimate of drug-likeness (QED) is 0.426. The van der Waals surface area contributed by atoms with Crippen LogP contribution in [0.1, 0.15) is 5.56 Å². The molecule has 0 spiro atoms. The molecular weight excluding hydrogens is 473 g/mol. The van der Waals surface area contributed by atoms with Gasteiger partial charge in [-0.2, -0.15) is 13.2 Å². The molecule has 0 aliphatic rings. The molecule has 2 N–H and O–H groups in total. The van der Waals surface area contributed by atoms with Gasteiger partial charge in [0.05, 0.1) is 35.2 Å². The first-order chi connectivity index (χ1) is 16.1. The van der Waals surface area contributed by atoms with Gasteiger partial charge in [-0.15, -0.1) is 0 Å². The summed E-state index contributed by atoms with van der Waals surface area (Å²) in [5.74, 6) is -0.469. The molecule has 2 aromatic heterocycles. The molecule has 0 aliphatic carbocycles. The number of nitrogens with zero attached hydrogens (tertiary/aromatic N) is 3. The molecule has 4 aromatic rings. The van der Waals surface area contributed by atoms with Crippen LogP contribution >= 0.6 is 0 Å². The Balaban J connectivity index is 1.64. The van der Waals surface area contributed by atoms with Crippen molar-refractivity contribution in [2.75, 3.05) is 5.32 Å². The predicted octanol–water partition coefficient (Wildman–Crippen LogP) is 3.83. The molecule has 2 aromatic carbocycles. The summed E-state index contributed by atoms with van der Waals surface area (Å²) in [7, 11) is -5.53. The van der Waals surface area contributed by atoms with Crippen LogP contribution in [0, 0.1) is 0 Å². The van der Waals surface area contributed by atoms with E-state index in [4.69, 9.17) is 0 Å². The van der Waals surface area contributed by atoms with Crippen LogP contribution in [-0.2, 0) is 16.4 Å². The van der Waals surface area contributed by atoms with Crippen molar-refractivity contribution in [3.63, 3.8) is 0 Å². The minimum atomic E-state index is -5.53. The molecule has 176 valence electrons. The van der Waals surface area contributed by atoms with E-state index in [9.17, 15) is 31.5 Å². The Morgan fingerprint density at radius 3 is 2.32 bits per heavy atom. The molecule has 34 heavy (non-hydrogen) atoms. The largest absolute Gasteiger partial charge is 0.501 e. The smallest absolute Gasteiger partial charge is 0.493 e. The highest BCUT2D eigenvalue weighted by molar-refractivity contribution is 7.92. The maximum absolute atomic E-state index is 12.9. The third-order valence-electron chi connectivity index (χ3n) is 4.95. The monoisotopic (exact) mass is 490 g/mol. The van der Waals surface area contributed by atoms with Crippen LogP contribution in [0.3, 0.4) is 0 Å². The number of anilines is 2. The van der Waals surface area contributed by atoms with Crippen molar-refractivity contribution < 1.29 is 26.7 Å². The number of benzene rings is 2. The first-order valence-electron chi connectivity index (χ1n) is 9.76. The minimum absolute atomic E-state index is 0.000244. The van der Waals surface area contributed by atoms with E-state index in [-0.39, 0.29) is 12.2 Å². The molecular formula is C22H17F3N4O4S. The van der Waals surface area contributed by atoms with E-state index in [1.807, 2.05) is 30.3 Å².